The molecule has 3 aromatic rings. The van der Waals surface area contributed by atoms with Gasteiger partial charge in [0.05, 0.1) is 33.3 Å². The third-order valence-corrected chi connectivity index (χ3v) is 9.59. The fraction of sp³-hybridized carbons (Fsp3) is 0.556. The molecular weight excluding hydrogens is 609 g/mol. The summed E-state index contributed by atoms with van der Waals surface area (Å²) in [6.07, 6.45) is 9.78. The van der Waals surface area contributed by atoms with Crippen LogP contribution in [0.3, 0.4) is 0 Å². The molecule has 2 aromatic carbocycles. The summed E-state index contributed by atoms with van der Waals surface area (Å²) >= 11 is 12.6. The van der Waals surface area contributed by atoms with E-state index in [9.17, 15) is 9.59 Å². The Labute approximate surface area is 278 Å². The molecule has 2 heterocycles. The minimum atomic E-state index is -0.593. The van der Waals surface area contributed by atoms with Crippen molar-refractivity contribution < 1.29 is 14.3 Å². The van der Waals surface area contributed by atoms with Gasteiger partial charge in [-0.1, -0.05) is 74.7 Å². The summed E-state index contributed by atoms with van der Waals surface area (Å²) in [5.41, 5.74) is 0.895. The van der Waals surface area contributed by atoms with Crippen LogP contribution in [0.15, 0.2) is 53.3 Å². The SMILES string of the molecule is CCCCCCCCC(C)(C)C(=O)OCn1c(=O)ccc2ccc(OCCCCN3CCN(c4cccc(Cl)c4Cl)CC3)cc21. The number of hydrogen-bond donors (Lipinski definition) is 0. The van der Waals surface area contributed by atoms with E-state index in [4.69, 9.17) is 32.7 Å². The van der Waals surface area contributed by atoms with Gasteiger partial charge in [0, 0.05) is 38.3 Å². The lowest BCUT2D eigenvalue weighted by molar-refractivity contribution is -0.158. The molecular formula is C36H49Cl2N3O4. The van der Waals surface area contributed by atoms with Crippen LogP contribution in [-0.4, -0.2) is 54.8 Å². The zero-order chi connectivity index (χ0) is 32.2. The number of nitrogens with zero attached hydrogens (tertiary/aromatic N) is 3. The number of benzene rings is 2. The van der Waals surface area contributed by atoms with Crippen molar-refractivity contribution in [1.29, 1.82) is 0 Å². The lowest BCUT2D eigenvalue weighted by Gasteiger charge is -2.36. The second-order valence-corrected chi connectivity index (χ2v) is 13.5. The fourth-order valence-electron chi connectivity index (χ4n) is 5.84. The Balaban J connectivity index is 1.22. The van der Waals surface area contributed by atoms with Crippen LogP contribution in [0.2, 0.25) is 10.0 Å². The molecule has 7 nitrogen and oxygen atoms in total. The van der Waals surface area contributed by atoms with E-state index in [1.54, 1.807) is 6.07 Å². The third-order valence-electron chi connectivity index (χ3n) is 8.78. The number of pyridine rings is 1. The number of aromatic nitrogens is 1. The summed E-state index contributed by atoms with van der Waals surface area (Å²) in [5, 5.41) is 2.11. The van der Waals surface area contributed by atoms with Crippen molar-refractivity contribution in [3.63, 3.8) is 0 Å². The number of carbonyl (C=O) groups excluding carboxylic acids is 1. The van der Waals surface area contributed by atoms with Crippen LogP contribution < -0.4 is 15.2 Å². The van der Waals surface area contributed by atoms with Gasteiger partial charge in [-0.25, -0.2) is 0 Å². The zero-order valence-corrected chi connectivity index (χ0v) is 28.7. The molecule has 9 heteroatoms. The van der Waals surface area contributed by atoms with Gasteiger partial charge >= 0.3 is 5.97 Å². The van der Waals surface area contributed by atoms with Crippen molar-refractivity contribution in [2.45, 2.75) is 85.3 Å². The molecule has 246 valence electrons. The maximum Gasteiger partial charge on any atom is 0.313 e. The van der Waals surface area contributed by atoms with E-state index in [1.165, 1.54) is 36.3 Å². The zero-order valence-electron chi connectivity index (χ0n) is 27.2. The lowest BCUT2D eigenvalue weighted by Crippen LogP contribution is -2.46. The van der Waals surface area contributed by atoms with Crippen molar-refractivity contribution in [3.05, 3.63) is 68.9 Å². The summed E-state index contributed by atoms with van der Waals surface area (Å²) in [4.78, 5) is 30.5. The van der Waals surface area contributed by atoms with Gasteiger partial charge in [0.1, 0.15) is 5.75 Å². The molecule has 0 N–H and O–H groups in total. The van der Waals surface area contributed by atoms with Gasteiger partial charge in [0.2, 0.25) is 0 Å². The Morgan fingerprint density at radius 3 is 2.40 bits per heavy atom. The predicted octanol–water partition coefficient (Wildman–Crippen LogP) is 8.57. The van der Waals surface area contributed by atoms with E-state index in [1.807, 2.05) is 50.2 Å². The number of halogens is 2. The van der Waals surface area contributed by atoms with Crippen LogP contribution in [0.25, 0.3) is 10.9 Å². The van der Waals surface area contributed by atoms with Crippen molar-refractivity contribution >= 4 is 45.8 Å². The molecule has 1 aliphatic rings. The molecule has 0 bridgehead atoms. The number of esters is 1. The first-order valence-corrected chi connectivity index (χ1v) is 17.3. The lowest BCUT2D eigenvalue weighted by atomic mass is 9.87. The van der Waals surface area contributed by atoms with Crippen molar-refractivity contribution in [2.24, 2.45) is 5.41 Å². The van der Waals surface area contributed by atoms with Crippen molar-refractivity contribution in [3.8, 4) is 5.75 Å². The van der Waals surface area contributed by atoms with Crippen LogP contribution in [0.1, 0.15) is 78.6 Å². The fourth-order valence-corrected chi connectivity index (χ4v) is 6.25. The van der Waals surface area contributed by atoms with E-state index >= 15 is 0 Å². The summed E-state index contributed by atoms with van der Waals surface area (Å²) < 4.78 is 13.3. The number of anilines is 1. The average molecular weight is 659 g/mol. The average Bonchev–Trinajstić information content (AvgIpc) is 3.03. The third kappa shape index (κ3) is 10.1. The van der Waals surface area contributed by atoms with E-state index in [2.05, 4.69) is 16.7 Å². The molecule has 0 unspecified atom stereocenters. The van der Waals surface area contributed by atoms with Gasteiger partial charge in [0.25, 0.3) is 5.56 Å². The highest BCUT2D eigenvalue weighted by atomic mass is 35.5. The summed E-state index contributed by atoms with van der Waals surface area (Å²) in [6, 6.07) is 14.8. The van der Waals surface area contributed by atoms with Gasteiger partial charge in [-0.05, 0) is 75.4 Å². The molecule has 1 fully saturated rings. The summed E-state index contributed by atoms with van der Waals surface area (Å²) in [6.45, 7) is 11.3. The van der Waals surface area contributed by atoms with Crippen LogP contribution in [0, 0.1) is 5.41 Å². The van der Waals surface area contributed by atoms with E-state index in [0.29, 0.717) is 27.9 Å². The highest BCUT2D eigenvalue weighted by Crippen LogP contribution is 2.33. The van der Waals surface area contributed by atoms with Gasteiger partial charge in [0.15, 0.2) is 6.73 Å². The molecule has 0 saturated carbocycles. The second kappa shape index (κ2) is 17.3. The van der Waals surface area contributed by atoms with Crippen molar-refractivity contribution in [1.82, 2.24) is 9.47 Å². The first-order valence-electron chi connectivity index (χ1n) is 16.5. The number of rotatable bonds is 17. The van der Waals surface area contributed by atoms with Crippen LogP contribution in [0.4, 0.5) is 5.69 Å². The van der Waals surface area contributed by atoms with Gasteiger partial charge in [-0.15, -0.1) is 0 Å². The number of carbonyl (C=O) groups is 1. The Morgan fingerprint density at radius 2 is 1.62 bits per heavy atom. The molecule has 0 spiro atoms. The van der Waals surface area contributed by atoms with E-state index in [-0.39, 0.29) is 18.3 Å². The maximum atomic E-state index is 13.0. The van der Waals surface area contributed by atoms with Gasteiger partial charge < -0.3 is 14.4 Å². The maximum absolute atomic E-state index is 13.0. The number of ether oxygens (including phenoxy) is 2. The minimum Gasteiger partial charge on any atom is -0.494 e. The van der Waals surface area contributed by atoms with Crippen LogP contribution in [-0.2, 0) is 16.3 Å². The number of piperazine rings is 1. The molecule has 45 heavy (non-hydrogen) atoms. The normalized spacial score (nSPS) is 14.2. The Bertz CT molecular complexity index is 1450. The molecule has 0 aliphatic carbocycles. The van der Waals surface area contributed by atoms with Crippen LogP contribution >= 0.6 is 23.2 Å². The second-order valence-electron chi connectivity index (χ2n) is 12.7. The molecule has 1 saturated heterocycles. The monoisotopic (exact) mass is 657 g/mol. The highest BCUT2D eigenvalue weighted by Gasteiger charge is 2.29. The van der Waals surface area contributed by atoms with Crippen LogP contribution in [0.5, 0.6) is 5.75 Å². The minimum absolute atomic E-state index is 0.116. The molecule has 0 amide bonds. The largest absolute Gasteiger partial charge is 0.494 e. The number of unbranched alkanes of at least 4 members (excludes halogenated alkanes) is 6. The number of hydrogen-bond acceptors (Lipinski definition) is 6. The predicted molar refractivity (Wildman–Crippen MR) is 186 cm³/mol. The topological polar surface area (TPSA) is 64.0 Å². The Hall–Kier alpha value is -2.74. The molecule has 0 radical (unpaired) electrons. The molecule has 0 atom stereocenters. The quantitative estimate of drug-likeness (QED) is 0.107. The standard InChI is InChI=1S/C36H49Cl2N3O4/c1-4-5-6-7-8-9-19-36(2,3)35(43)45-27-41-32-26-29(17-15-28(32)16-18-33(41)42)44-25-11-10-20-39-21-23-40(24-22-39)31-14-12-13-30(37)34(31)38/h12-18,26H,4-11,19-25,27H2,1-3H3. The van der Waals surface area contributed by atoms with Gasteiger partial charge in [-0.3, -0.25) is 19.1 Å². The molecule has 1 aromatic heterocycles. The van der Waals surface area contributed by atoms with E-state index in [0.717, 1.165) is 75.9 Å². The summed E-state index contributed by atoms with van der Waals surface area (Å²) in [5.74, 6) is 0.422. The number of fused-ring (bicyclic) bond motifs is 1. The Kier molecular flexibility index (Phi) is 13.5. The van der Waals surface area contributed by atoms with Gasteiger partial charge in [-0.2, -0.15) is 0 Å². The molecule has 1 aliphatic heterocycles. The Morgan fingerprint density at radius 1 is 0.889 bits per heavy atom. The first kappa shape index (κ1) is 35.1. The smallest absolute Gasteiger partial charge is 0.313 e. The highest BCUT2D eigenvalue weighted by molar-refractivity contribution is 6.43. The van der Waals surface area contributed by atoms with Crippen molar-refractivity contribution in [2.75, 3.05) is 44.2 Å². The first-order chi connectivity index (χ1) is 21.7. The van der Waals surface area contributed by atoms with E-state index < -0.39 is 5.41 Å². The molecule has 4 rings (SSSR count). The summed E-state index contributed by atoms with van der Waals surface area (Å²) in [7, 11) is 0.